The molecule has 5 nitrogen and oxygen atoms in total. The maximum Gasteiger partial charge on any atom is 0.321 e. The fraction of sp³-hybridized carbons (Fsp3) is 0.200. The van der Waals surface area contributed by atoms with Gasteiger partial charge in [-0.1, -0.05) is 23.7 Å². The number of piperidine rings is 1. The Hall–Kier alpha value is -3.45. The van der Waals surface area contributed by atoms with Crippen molar-refractivity contribution in [2.45, 2.75) is 18.8 Å². The van der Waals surface area contributed by atoms with Crippen LogP contribution in [0.5, 0.6) is 0 Å². The summed E-state index contributed by atoms with van der Waals surface area (Å²) in [6.45, 7) is 1.15. The van der Waals surface area contributed by atoms with E-state index in [0.717, 1.165) is 30.5 Å². The Balaban J connectivity index is 1.43. The van der Waals surface area contributed by atoms with E-state index in [1.807, 2.05) is 6.07 Å². The molecule has 8 heteroatoms. The number of carbonyl (C=O) groups excluding carboxylic acids is 2. The normalized spacial score (nSPS) is 15.7. The van der Waals surface area contributed by atoms with Gasteiger partial charge in [-0.05, 0) is 66.9 Å². The highest BCUT2D eigenvalue weighted by atomic mass is 35.5. The highest BCUT2D eigenvalue weighted by Gasteiger charge is 2.25. The number of amides is 3. The second-order valence-electron chi connectivity index (χ2n) is 7.93. The lowest BCUT2D eigenvalue weighted by Gasteiger charge is -2.33. The Bertz CT molecular complexity index is 1170. The number of hydrogen-bond acceptors (Lipinski definition) is 2. The summed E-state index contributed by atoms with van der Waals surface area (Å²) >= 11 is 5.89. The first-order valence-electron chi connectivity index (χ1n) is 10.6. The zero-order valence-electron chi connectivity index (χ0n) is 17.7. The van der Waals surface area contributed by atoms with Crippen LogP contribution in [0.3, 0.4) is 0 Å². The summed E-state index contributed by atoms with van der Waals surface area (Å²) in [5.41, 5.74) is 1.86. The molecule has 3 amide bonds. The summed E-state index contributed by atoms with van der Waals surface area (Å²) < 4.78 is 27.0. The van der Waals surface area contributed by atoms with Gasteiger partial charge in [0.25, 0.3) is 5.91 Å². The zero-order chi connectivity index (χ0) is 23.4. The van der Waals surface area contributed by atoms with Crippen LogP contribution in [0.15, 0.2) is 66.7 Å². The van der Waals surface area contributed by atoms with E-state index in [9.17, 15) is 18.4 Å². The van der Waals surface area contributed by atoms with Crippen molar-refractivity contribution >= 4 is 34.9 Å². The number of likely N-dealkylation sites (tertiary alicyclic amines) is 1. The average Bonchev–Trinajstić information content (AvgIpc) is 2.82. The largest absolute Gasteiger partial charge is 0.324 e. The van der Waals surface area contributed by atoms with Gasteiger partial charge in [-0.2, -0.15) is 0 Å². The molecule has 33 heavy (non-hydrogen) atoms. The van der Waals surface area contributed by atoms with Gasteiger partial charge in [0, 0.05) is 41.3 Å². The van der Waals surface area contributed by atoms with Crippen molar-refractivity contribution in [2.75, 3.05) is 23.7 Å². The number of anilines is 2. The third-order valence-corrected chi connectivity index (χ3v) is 5.86. The van der Waals surface area contributed by atoms with Crippen molar-refractivity contribution in [3.8, 4) is 0 Å². The minimum absolute atomic E-state index is 0.0602. The smallest absolute Gasteiger partial charge is 0.321 e. The van der Waals surface area contributed by atoms with E-state index in [0.29, 0.717) is 29.4 Å². The van der Waals surface area contributed by atoms with Gasteiger partial charge in [0.2, 0.25) is 0 Å². The molecule has 0 bridgehead atoms. The molecule has 3 aromatic rings. The molecule has 1 aliphatic heterocycles. The van der Waals surface area contributed by atoms with Crippen molar-refractivity contribution < 1.29 is 18.4 Å². The van der Waals surface area contributed by atoms with Crippen LogP contribution in [0.2, 0.25) is 5.02 Å². The lowest BCUT2D eigenvalue weighted by Crippen LogP contribution is -2.41. The maximum atomic E-state index is 13.9. The average molecular weight is 470 g/mol. The standard InChI is InChI=1S/C25H22ClF2N3O2/c26-19-6-9-21(10-7-19)29-25(33)31-12-2-5-18(15-31)16-3-1-4-17(13-16)24(32)30-23-11-8-20(27)14-22(23)28/h1,3-4,6-11,13-14,18H,2,5,12,15H2,(H,29,33)(H,30,32)/t18-/m0/s1. The Kier molecular flexibility index (Phi) is 6.89. The Morgan fingerprint density at radius 1 is 0.970 bits per heavy atom. The fourth-order valence-electron chi connectivity index (χ4n) is 3.89. The molecule has 0 saturated carbocycles. The lowest BCUT2D eigenvalue weighted by molar-refractivity contribution is 0.102. The molecule has 170 valence electrons. The van der Waals surface area contributed by atoms with Gasteiger partial charge in [0.15, 0.2) is 0 Å². The lowest BCUT2D eigenvalue weighted by atomic mass is 9.89. The maximum absolute atomic E-state index is 13.9. The van der Waals surface area contributed by atoms with Gasteiger partial charge in [0.05, 0.1) is 5.69 Å². The minimum Gasteiger partial charge on any atom is -0.324 e. The van der Waals surface area contributed by atoms with Crippen LogP contribution in [0.25, 0.3) is 0 Å². The third-order valence-electron chi connectivity index (χ3n) is 5.60. The quantitative estimate of drug-likeness (QED) is 0.472. The third kappa shape index (κ3) is 5.68. The number of nitrogens with one attached hydrogen (secondary N) is 2. The van der Waals surface area contributed by atoms with Crippen molar-refractivity contribution in [1.82, 2.24) is 4.90 Å². The predicted octanol–water partition coefficient (Wildman–Crippen LogP) is 6.28. The summed E-state index contributed by atoms with van der Waals surface area (Å²) in [4.78, 5) is 27.1. The van der Waals surface area contributed by atoms with E-state index < -0.39 is 17.5 Å². The molecule has 1 heterocycles. The van der Waals surface area contributed by atoms with Crippen LogP contribution in [0.1, 0.15) is 34.7 Å². The molecule has 3 aromatic carbocycles. The second kappa shape index (κ2) is 10.0. The number of benzene rings is 3. The van der Waals surface area contributed by atoms with Crippen LogP contribution in [0, 0.1) is 11.6 Å². The first-order valence-corrected chi connectivity index (χ1v) is 10.9. The van der Waals surface area contributed by atoms with Crippen molar-refractivity contribution in [3.63, 3.8) is 0 Å². The molecule has 1 saturated heterocycles. The van der Waals surface area contributed by atoms with Crippen molar-refractivity contribution in [1.29, 1.82) is 0 Å². The summed E-state index contributed by atoms with van der Waals surface area (Å²) in [5.74, 6) is -1.98. The first-order chi connectivity index (χ1) is 15.9. The Morgan fingerprint density at radius 2 is 1.76 bits per heavy atom. The number of nitrogens with zero attached hydrogens (tertiary/aromatic N) is 1. The van der Waals surface area contributed by atoms with E-state index in [4.69, 9.17) is 11.6 Å². The molecule has 2 N–H and O–H groups in total. The molecule has 4 rings (SSSR count). The number of hydrogen-bond donors (Lipinski definition) is 2. The summed E-state index contributed by atoms with van der Waals surface area (Å²) in [6.07, 6.45) is 1.71. The van der Waals surface area contributed by atoms with E-state index >= 15 is 0 Å². The van der Waals surface area contributed by atoms with Crippen LogP contribution in [0.4, 0.5) is 25.0 Å². The van der Waals surface area contributed by atoms with Gasteiger partial charge in [-0.25, -0.2) is 13.6 Å². The predicted molar refractivity (Wildman–Crippen MR) is 125 cm³/mol. The van der Waals surface area contributed by atoms with Crippen LogP contribution < -0.4 is 10.6 Å². The van der Waals surface area contributed by atoms with Gasteiger partial charge in [-0.3, -0.25) is 4.79 Å². The summed E-state index contributed by atoms with van der Waals surface area (Å²) in [5, 5.41) is 5.95. The van der Waals surface area contributed by atoms with Crippen LogP contribution in [-0.2, 0) is 0 Å². The molecular weight excluding hydrogens is 448 g/mol. The van der Waals surface area contributed by atoms with E-state index in [-0.39, 0.29) is 17.6 Å². The Labute approximate surface area is 195 Å². The molecular formula is C25H22ClF2N3O2. The molecule has 0 radical (unpaired) electrons. The zero-order valence-corrected chi connectivity index (χ0v) is 18.4. The topological polar surface area (TPSA) is 61.4 Å². The Morgan fingerprint density at radius 3 is 2.52 bits per heavy atom. The van der Waals surface area contributed by atoms with Crippen molar-refractivity contribution in [2.24, 2.45) is 0 Å². The SMILES string of the molecule is O=C(Nc1ccc(F)cc1F)c1cccc([C@H]2CCCN(C(=O)Nc3ccc(Cl)cc3)C2)c1. The second-order valence-corrected chi connectivity index (χ2v) is 8.36. The van der Waals surface area contributed by atoms with E-state index in [2.05, 4.69) is 10.6 Å². The highest BCUT2D eigenvalue weighted by molar-refractivity contribution is 6.30. The number of carbonyl (C=O) groups is 2. The molecule has 0 spiro atoms. The first kappa shape index (κ1) is 22.7. The summed E-state index contributed by atoms with van der Waals surface area (Å²) in [6, 6.07) is 16.8. The molecule has 1 atom stereocenters. The monoisotopic (exact) mass is 469 g/mol. The molecule has 0 aliphatic carbocycles. The van der Waals surface area contributed by atoms with Crippen molar-refractivity contribution in [3.05, 3.63) is 94.5 Å². The number of urea groups is 1. The number of halogens is 3. The van der Waals surface area contributed by atoms with Gasteiger partial charge < -0.3 is 15.5 Å². The fourth-order valence-corrected chi connectivity index (χ4v) is 4.01. The molecule has 1 aliphatic rings. The molecule has 0 aromatic heterocycles. The van der Waals surface area contributed by atoms with Gasteiger partial charge in [-0.15, -0.1) is 0 Å². The van der Waals surface area contributed by atoms with Gasteiger partial charge >= 0.3 is 6.03 Å². The minimum atomic E-state index is -0.839. The summed E-state index contributed by atoms with van der Waals surface area (Å²) in [7, 11) is 0. The van der Waals surface area contributed by atoms with E-state index in [1.165, 1.54) is 6.07 Å². The molecule has 0 unspecified atom stereocenters. The van der Waals surface area contributed by atoms with Crippen LogP contribution in [-0.4, -0.2) is 29.9 Å². The molecule has 1 fully saturated rings. The van der Waals surface area contributed by atoms with Gasteiger partial charge in [0.1, 0.15) is 11.6 Å². The number of rotatable bonds is 4. The van der Waals surface area contributed by atoms with Crippen LogP contribution >= 0.6 is 11.6 Å². The highest BCUT2D eigenvalue weighted by Crippen LogP contribution is 2.28. The van der Waals surface area contributed by atoms with E-state index in [1.54, 1.807) is 47.4 Å².